The Bertz CT molecular complexity index is 1580. The average Bonchev–Trinajstić information content (AvgIpc) is 3.01. The molecule has 12 N–H and O–H groups in total. The van der Waals surface area contributed by atoms with Crippen LogP contribution in [0.25, 0.3) is 21.9 Å². The fraction of sp³-hybridized carbons (Fsp3) is 0.118. The fourth-order valence-corrected chi connectivity index (χ4v) is 3.77. The van der Waals surface area contributed by atoms with E-state index < -0.39 is 5.97 Å². The molecular weight excluding hydrogens is 542 g/mol. The van der Waals surface area contributed by atoms with Crippen LogP contribution in [0, 0.1) is 13.8 Å². The molecule has 0 amide bonds. The Morgan fingerprint density at radius 2 is 1.02 bits per heavy atom. The SMILES string of the molecule is C=O.CC.Cc1cc2ccc(N)cc2c(O)c1N.Cc1ccc(N)cc1C(=O)O.Nc1ccc(-c2ccc(N)cc2)cc1. The highest BCUT2D eigenvalue weighted by atomic mass is 16.4. The lowest BCUT2D eigenvalue weighted by Gasteiger charge is -2.08. The van der Waals surface area contributed by atoms with E-state index in [2.05, 4.69) is 0 Å². The molecule has 9 heteroatoms. The van der Waals surface area contributed by atoms with Gasteiger partial charge in [0.15, 0.2) is 0 Å². The van der Waals surface area contributed by atoms with Gasteiger partial charge in [0.05, 0.1) is 11.3 Å². The molecule has 0 heterocycles. The fourth-order valence-electron chi connectivity index (χ4n) is 3.77. The van der Waals surface area contributed by atoms with Gasteiger partial charge in [0.25, 0.3) is 0 Å². The number of hydrogen-bond acceptors (Lipinski definition) is 8. The van der Waals surface area contributed by atoms with Crippen molar-refractivity contribution in [3.05, 3.63) is 108 Å². The highest BCUT2D eigenvalue weighted by molar-refractivity contribution is 5.95. The van der Waals surface area contributed by atoms with E-state index >= 15 is 0 Å². The van der Waals surface area contributed by atoms with Gasteiger partial charge in [-0.1, -0.05) is 50.2 Å². The van der Waals surface area contributed by atoms with Crippen LogP contribution in [0.4, 0.5) is 28.4 Å². The number of phenols is 1. The van der Waals surface area contributed by atoms with E-state index in [0.717, 1.165) is 39.0 Å². The van der Waals surface area contributed by atoms with E-state index in [4.69, 9.17) is 38.6 Å². The number of carbonyl (C=O) groups excluding carboxylic acids is 1. The Balaban J connectivity index is 0.000000307. The van der Waals surface area contributed by atoms with Gasteiger partial charge in [-0.15, -0.1) is 0 Å². The lowest BCUT2D eigenvalue weighted by molar-refractivity contribution is -0.0980. The topological polar surface area (TPSA) is 205 Å². The molecule has 5 rings (SSSR count). The highest BCUT2D eigenvalue weighted by Gasteiger charge is 2.07. The highest BCUT2D eigenvalue weighted by Crippen LogP contribution is 2.34. The largest absolute Gasteiger partial charge is 0.505 e. The molecule has 0 radical (unpaired) electrons. The van der Waals surface area contributed by atoms with Crippen LogP contribution in [0.2, 0.25) is 0 Å². The minimum atomic E-state index is -0.935. The molecule has 0 aliphatic rings. The molecule has 5 aromatic carbocycles. The Hall–Kier alpha value is -5.70. The van der Waals surface area contributed by atoms with Crippen LogP contribution in [-0.2, 0) is 4.79 Å². The van der Waals surface area contributed by atoms with E-state index in [1.54, 1.807) is 31.2 Å². The molecule has 226 valence electrons. The maximum atomic E-state index is 10.5. The monoisotopic (exact) mass is 583 g/mol. The molecule has 0 bridgehead atoms. The quantitative estimate of drug-likeness (QED) is 0.0875. The number of aromatic hydroxyl groups is 1. The Labute approximate surface area is 252 Å². The van der Waals surface area contributed by atoms with Crippen LogP contribution in [0.3, 0.4) is 0 Å². The number of rotatable bonds is 2. The van der Waals surface area contributed by atoms with Crippen LogP contribution < -0.4 is 28.7 Å². The van der Waals surface area contributed by atoms with Gasteiger partial charge in [0, 0.05) is 28.1 Å². The van der Waals surface area contributed by atoms with Gasteiger partial charge in [-0.05, 0) is 96.1 Å². The number of benzene rings is 5. The minimum Gasteiger partial charge on any atom is -0.505 e. The molecule has 0 unspecified atom stereocenters. The van der Waals surface area contributed by atoms with Crippen LogP contribution in [0.1, 0.15) is 35.3 Å². The molecule has 0 spiro atoms. The van der Waals surface area contributed by atoms with Crippen molar-refractivity contribution in [3.63, 3.8) is 0 Å². The molecule has 43 heavy (non-hydrogen) atoms. The lowest BCUT2D eigenvalue weighted by Crippen LogP contribution is -2.00. The predicted octanol–water partition coefficient (Wildman–Crippen LogP) is 6.65. The second-order valence-electron chi connectivity index (χ2n) is 9.06. The summed E-state index contributed by atoms with van der Waals surface area (Å²) >= 11 is 0. The molecule has 0 aliphatic heterocycles. The van der Waals surface area contributed by atoms with Gasteiger partial charge in [0.1, 0.15) is 12.5 Å². The number of hydrogen-bond donors (Lipinski definition) is 7. The van der Waals surface area contributed by atoms with Gasteiger partial charge < -0.3 is 43.7 Å². The first-order valence-corrected chi connectivity index (χ1v) is 13.3. The number of nitrogen functional groups attached to an aromatic ring is 5. The molecular formula is C34H41N5O4. The molecule has 0 saturated carbocycles. The normalized spacial score (nSPS) is 9.40. The van der Waals surface area contributed by atoms with Gasteiger partial charge in [-0.2, -0.15) is 0 Å². The van der Waals surface area contributed by atoms with Gasteiger partial charge in [-0.3, -0.25) is 0 Å². The number of fused-ring (bicyclic) bond motifs is 1. The third-order valence-corrected chi connectivity index (χ3v) is 6.03. The summed E-state index contributed by atoms with van der Waals surface area (Å²) in [6.07, 6.45) is 0. The summed E-state index contributed by atoms with van der Waals surface area (Å²) in [5.74, 6) is -0.817. The first-order valence-electron chi connectivity index (χ1n) is 13.3. The molecule has 5 aromatic rings. The lowest BCUT2D eigenvalue weighted by atomic mass is 10.0. The molecule has 0 saturated heterocycles. The maximum Gasteiger partial charge on any atom is 0.336 e. The zero-order valence-corrected chi connectivity index (χ0v) is 25.0. The number of carboxylic acids is 1. The number of anilines is 5. The van der Waals surface area contributed by atoms with Gasteiger partial charge >= 0.3 is 5.97 Å². The van der Waals surface area contributed by atoms with E-state index in [0.29, 0.717) is 22.4 Å². The van der Waals surface area contributed by atoms with Crippen molar-refractivity contribution in [2.24, 2.45) is 0 Å². The van der Waals surface area contributed by atoms with Crippen LogP contribution in [-0.4, -0.2) is 23.0 Å². The maximum absolute atomic E-state index is 10.5. The van der Waals surface area contributed by atoms with Crippen LogP contribution in [0.5, 0.6) is 5.75 Å². The Morgan fingerprint density at radius 1 is 0.605 bits per heavy atom. The van der Waals surface area contributed by atoms with Crippen LogP contribution >= 0.6 is 0 Å². The summed E-state index contributed by atoms with van der Waals surface area (Å²) in [6, 6.07) is 27.7. The number of carboxylic acid groups (broad SMARTS) is 1. The molecule has 0 fully saturated rings. The average molecular weight is 584 g/mol. The number of aromatic carboxylic acids is 1. The zero-order chi connectivity index (χ0) is 32.7. The first kappa shape index (κ1) is 35.3. The van der Waals surface area contributed by atoms with Crippen molar-refractivity contribution in [3.8, 4) is 16.9 Å². The Kier molecular flexibility index (Phi) is 14.1. The molecule has 0 aliphatic carbocycles. The van der Waals surface area contributed by atoms with Crippen molar-refractivity contribution in [2.45, 2.75) is 27.7 Å². The third-order valence-electron chi connectivity index (χ3n) is 6.03. The predicted molar refractivity (Wildman–Crippen MR) is 181 cm³/mol. The summed E-state index contributed by atoms with van der Waals surface area (Å²) in [5.41, 5.74) is 35.2. The standard InChI is InChI=1S/C12H12N2.C11H12N2O.C8H9NO2.C2H6.CH2O/c13-11-5-1-9(2-6-11)10-3-7-12(14)8-4-10;1-6-4-7-2-3-8(12)5-9(7)11(14)10(6)13;1-5-2-3-6(9)4-7(5)8(10)11;2*1-2/h1-8H,13-14H2;2-5,14H,12-13H2,1H3;2-4H,9H2,1H3,(H,10,11);1-2H3;1H2. The van der Waals surface area contributed by atoms with Gasteiger partial charge in [0.2, 0.25) is 0 Å². The van der Waals surface area contributed by atoms with E-state index in [9.17, 15) is 9.90 Å². The number of nitrogens with two attached hydrogens (primary N) is 5. The third kappa shape index (κ3) is 10.3. The second-order valence-corrected chi connectivity index (χ2v) is 9.06. The Morgan fingerprint density at radius 3 is 1.47 bits per heavy atom. The van der Waals surface area contributed by atoms with E-state index in [1.807, 2.05) is 88.2 Å². The summed E-state index contributed by atoms with van der Waals surface area (Å²) in [4.78, 5) is 18.5. The summed E-state index contributed by atoms with van der Waals surface area (Å²) in [7, 11) is 0. The smallest absolute Gasteiger partial charge is 0.336 e. The number of phenolic OH excluding ortho intramolecular Hbond substituents is 1. The minimum absolute atomic E-state index is 0.118. The molecule has 0 aromatic heterocycles. The van der Waals surface area contributed by atoms with Crippen LogP contribution in [0.15, 0.2) is 91.0 Å². The summed E-state index contributed by atoms with van der Waals surface area (Å²) in [5, 5.41) is 20.1. The molecule has 0 atom stereocenters. The molecule has 9 nitrogen and oxygen atoms in total. The number of aryl methyl sites for hydroxylation is 2. The number of carbonyl (C=O) groups is 2. The van der Waals surface area contributed by atoms with Crippen molar-refractivity contribution in [1.82, 2.24) is 0 Å². The van der Waals surface area contributed by atoms with E-state index in [-0.39, 0.29) is 11.3 Å². The van der Waals surface area contributed by atoms with Crippen molar-refractivity contribution >= 4 is 52.0 Å². The van der Waals surface area contributed by atoms with Gasteiger partial charge in [-0.25, -0.2) is 4.79 Å². The zero-order valence-electron chi connectivity index (χ0n) is 25.0. The van der Waals surface area contributed by atoms with Crippen molar-refractivity contribution in [2.75, 3.05) is 28.7 Å². The van der Waals surface area contributed by atoms with Crippen molar-refractivity contribution < 1.29 is 19.8 Å². The summed E-state index contributed by atoms with van der Waals surface area (Å²) in [6.45, 7) is 9.60. The summed E-state index contributed by atoms with van der Waals surface area (Å²) < 4.78 is 0. The van der Waals surface area contributed by atoms with E-state index in [1.165, 1.54) is 6.07 Å². The second kappa shape index (κ2) is 17.2. The van der Waals surface area contributed by atoms with Crippen molar-refractivity contribution in [1.29, 1.82) is 0 Å². The first-order chi connectivity index (χ1) is 20.5.